The fraction of sp³-hybridized carbons (Fsp3) is 0.262. The lowest BCUT2D eigenvalue weighted by Gasteiger charge is -2.27. The largest absolute Gasteiger partial charge is 0.344 e. The lowest BCUT2D eigenvalue weighted by atomic mass is 9.81. The summed E-state index contributed by atoms with van der Waals surface area (Å²) in [6.45, 7) is 10.4. The number of benzene rings is 4. The molecule has 0 bridgehead atoms. The maximum absolute atomic E-state index is 12.9. The summed E-state index contributed by atoms with van der Waals surface area (Å²) in [7, 11) is 2.15. The van der Waals surface area contributed by atoms with E-state index in [-0.39, 0.29) is 22.6 Å². The van der Waals surface area contributed by atoms with E-state index in [1.54, 1.807) is 12.1 Å². The highest BCUT2D eigenvalue weighted by Crippen LogP contribution is 2.50. The fourth-order valence-electron chi connectivity index (χ4n) is 7.92. The predicted octanol–water partition coefficient (Wildman–Crippen LogP) is 8.72. The molecule has 0 saturated carbocycles. The number of hydrogen-bond donors (Lipinski definition) is 0. The second-order valence-electron chi connectivity index (χ2n) is 13.9. The van der Waals surface area contributed by atoms with Crippen LogP contribution in [0.5, 0.6) is 0 Å². The summed E-state index contributed by atoms with van der Waals surface area (Å²) >= 11 is 0. The summed E-state index contributed by atoms with van der Waals surface area (Å²) in [5.41, 5.74) is 8.45. The first-order valence-corrected chi connectivity index (χ1v) is 16.6. The quantitative estimate of drug-likeness (QED) is 0.0857. The Labute approximate surface area is 277 Å². The molecular weight excluding hydrogens is 578 g/mol. The van der Waals surface area contributed by atoms with Crippen molar-refractivity contribution in [2.45, 2.75) is 51.4 Å². The molecule has 5 nitrogen and oxygen atoms in total. The van der Waals surface area contributed by atoms with Crippen LogP contribution in [0.25, 0.3) is 10.8 Å². The van der Waals surface area contributed by atoms with Gasteiger partial charge in [-0.25, -0.2) is 0 Å². The van der Waals surface area contributed by atoms with Crippen molar-refractivity contribution in [2.24, 2.45) is 0 Å². The van der Waals surface area contributed by atoms with Crippen LogP contribution < -0.4 is 4.90 Å². The maximum atomic E-state index is 12.9. The van der Waals surface area contributed by atoms with Gasteiger partial charge in [0.15, 0.2) is 5.71 Å². The van der Waals surface area contributed by atoms with Crippen LogP contribution in [0.2, 0.25) is 0 Å². The Morgan fingerprint density at radius 2 is 1.32 bits per heavy atom. The Morgan fingerprint density at radius 3 is 2.04 bits per heavy atom. The Balaban J connectivity index is 1.13. The van der Waals surface area contributed by atoms with Crippen LogP contribution in [0, 0.1) is 0 Å². The first-order chi connectivity index (χ1) is 22.6. The smallest absolute Gasteiger partial charge is 0.261 e. The Morgan fingerprint density at radius 1 is 0.681 bits per heavy atom. The van der Waals surface area contributed by atoms with E-state index in [0.29, 0.717) is 17.7 Å². The second-order valence-corrected chi connectivity index (χ2v) is 13.9. The summed E-state index contributed by atoms with van der Waals surface area (Å²) in [4.78, 5) is 29.7. The summed E-state index contributed by atoms with van der Waals surface area (Å²) in [6, 6.07) is 28.8. The minimum atomic E-state index is -0.211. The van der Waals surface area contributed by atoms with Crippen molar-refractivity contribution in [1.29, 1.82) is 0 Å². The number of allylic oxidation sites excluding steroid dienone is 6. The highest BCUT2D eigenvalue weighted by molar-refractivity contribution is 6.21. The lowest BCUT2D eigenvalue weighted by molar-refractivity contribution is -0.401. The molecule has 0 saturated heterocycles. The van der Waals surface area contributed by atoms with Crippen LogP contribution in [0.15, 0.2) is 121 Å². The molecule has 2 amide bonds. The number of carbonyl (C=O) groups is 2. The molecule has 3 heterocycles. The van der Waals surface area contributed by atoms with Gasteiger partial charge in [0.25, 0.3) is 11.8 Å². The number of anilines is 1. The van der Waals surface area contributed by atoms with Crippen molar-refractivity contribution >= 4 is 39.7 Å². The molecule has 0 atom stereocenters. The van der Waals surface area contributed by atoms with E-state index in [2.05, 4.69) is 135 Å². The summed E-state index contributed by atoms with van der Waals surface area (Å²) in [5, 5.41) is 2.52. The van der Waals surface area contributed by atoms with Gasteiger partial charge in [0.2, 0.25) is 5.69 Å². The molecule has 47 heavy (non-hydrogen) atoms. The number of amides is 2. The van der Waals surface area contributed by atoms with Crippen molar-refractivity contribution < 1.29 is 14.2 Å². The summed E-state index contributed by atoms with van der Waals surface area (Å²) in [6.07, 6.45) is 12.5. The van der Waals surface area contributed by atoms with Gasteiger partial charge in [-0.2, -0.15) is 4.58 Å². The third kappa shape index (κ3) is 4.96. The number of imide groups is 1. The second kappa shape index (κ2) is 11.6. The topological polar surface area (TPSA) is 43.6 Å². The van der Waals surface area contributed by atoms with Gasteiger partial charge < -0.3 is 4.90 Å². The highest BCUT2D eigenvalue weighted by atomic mass is 16.2. The average molecular weight is 621 g/mol. The molecule has 0 N–H and O–H groups in total. The van der Waals surface area contributed by atoms with Gasteiger partial charge in [-0.3, -0.25) is 14.5 Å². The van der Waals surface area contributed by atoms with Gasteiger partial charge in [0, 0.05) is 47.6 Å². The zero-order valence-corrected chi connectivity index (χ0v) is 28.0. The van der Waals surface area contributed by atoms with Gasteiger partial charge >= 0.3 is 0 Å². The Hall–Kier alpha value is -5.03. The molecule has 0 aliphatic carbocycles. The molecule has 5 heteroatoms. The van der Waals surface area contributed by atoms with Crippen LogP contribution in [0.1, 0.15) is 72.4 Å². The van der Waals surface area contributed by atoms with E-state index in [0.717, 1.165) is 19.4 Å². The predicted molar refractivity (Wildman–Crippen MR) is 192 cm³/mol. The van der Waals surface area contributed by atoms with Gasteiger partial charge in [0.05, 0.1) is 16.5 Å². The van der Waals surface area contributed by atoms with Crippen molar-refractivity contribution in [2.75, 3.05) is 25.0 Å². The molecule has 0 aromatic heterocycles. The fourth-order valence-corrected chi connectivity index (χ4v) is 7.92. The van der Waals surface area contributed by atoms with E-state index < -0.39 is 0 Å². The van der Waals surface area contributed by atoms with E-state index in [4.69, 9.17) is 0 Å². The van der Waals surface area contributed by atoms with Gasteiger partial charge in [-0.05, 0) is 67.3 Å². The van der Waals surface area contributed by atoms with E-state index in [9.17, 15) is 9.59 Å². The number of fused-ring (bicyclic) bond motifs is 5. The average Bonchev–Trinajstić information content (AvgIpc) is 3.53. The van der Waals surface area contributed by atoms with Crippen molar-refractivity contribution in [1.82, 2.24) is 4.90 Å². The molecule has 3 aliphatic rings. The molecule has 0 spiro atoms. The van der Waals surface area contributed by atoms with Crippen LogP contribution in [-0.4, -0.2) is 47.1 Å². The maximum Gasteiger partial charge on any atom is 0.261 e. The summed E-state index contributed by atoms with van der Waals surface area (Å²) in [5.74, 6) is -0.365. The molecule has 0 radical (unpaired) electrons. The zero-order chi connectivity index (χ0) is 32.9. The van der Waals surface area contributed by atoms with Crippen LogP contribution >= 0.6 is 0 Å². The zero-order valence-electron chi connectivity index (χ0n) is 28.0. The van der Waals surface area contributed by atoms with Gasteiger partial charge in [-0.1, -0.05) is 92.7 Å². The Bertz CT molecular complexity index is 2020. The standard InChI is InChI=1S/C42H42N3O2/c1-41(2)33-21-13-14-22-34(33)43(5)36(41)23-7-6-8-24-37-42(3,4)38-30-18-10-9-17-29(30)25-26-35(38)44(37)27-15-16-28-45-39(46)31-19-11-12-20-32(31)40(45)47/h6-14,17-26H,15-16,27-28H2,1-5H3/q+1. The van der Waals surface area contributed by atoms with Crippen LogP contribution in [0.3, 0.4) is 0 Å². The van der Waals surface area contributed by atoms with Crippen molar-refractivity contribution in [3.05, 3.63) is 143 Å². The molecule has 4 aromatic rings. The van der Waals surface area contributed by atoms with Gasteiger partial charge in [0.1, 0.15) is 7.05 Å². The number of nitrogens with zero attached hydrogens (tertiary/aromatic N) is 3. The van der Waals surface area contributed by atoms with Gasteiger partial charge in [-0.15, -0.1) is 0 Å². The lowest BCUT2D eigenvalue weighted by Crippen LogP contribution is -2.32. The SMILES string of the molecule is C[N+]1=C(/C=C/C=C/C=C2/N(CCCCN3C(=O)c4ccccc4C3=O)c3ccc4ccccc4c3C2(C)C)C(C)(C)c2ccccc21. The molecule has 3 aliphatic heterocycles. The molecule has 0 unspecified atom stereocenters. The van der Waals surface area contributed by atoms with Crippen molar-refractivity contribution in [3.8, 4) is 0 Å². The molecule has 7 rings (SSSR count). The molecular formula is C42H42N3O2+. The third-order valence-corrected chi connectivity index (χ3v) is 10.3. The van der Waals surface area contributed by atoms with Crippen LogP contribution in [-0.2, 0) is 10.8 Å². The normalized spacial score (nSPS) is 18.8. The summed E-state index contributed by atoms with van der Waals surface area (Å²) < 4.78 is 2.30. The molecule has 236 valence electrons. The third-order valence-electron chi connectivity index (χ3n) is 10.3. The van der Waals surface area contributed by atoms with E-state index in [1.807, 2.05) is 12.1 Å². The van der Waals surface area contributed by atoms with Crippen LogP contribution in [0.4, 0.5) is 11.4 Å². The monoisotopic (exact) mass is 620 g/mol. The first kappa shape index (κ1) is 30.6. The van der Waals surface area contributed by atoms with E-state index >= 15 is 0 Å². The number of hydrogen-bond acceptors (Lipinski definition) is 3. The molecule has 4 aromatic carbocycles. The van der Waals surface area contributed by atoms with E-state index in [1.165, 1.54) is 49.6 Å². The number of unbranched alkanes of at least 4 members (excludes halogenated alkanes) is 1. The molecule has 0 fully saturated rings. The highest BCUT2D eigenvalue weighted by Gasteiger charge is 2.43. The Kier molecular flexibility index (Phi) is 7.59. The first-order valence-electron chi connectivity index (χ1n) is 16.6. The number of carbonyl (C=O) groups excluding carboxylic acids is 2. The number of rotatable bonds is 8. The number of para-hydroxylation sites is 1. The minimum absolute atomic E-state index is 0.0613. The minimum Gasteiger partial charge on any atom is -0.344 e. The van der Waals surface area contributed by atoms with Crippen molar-refractivity contribution in [3.63, 3.8) is 0 Å².